The molecule has 0 aromatic heterocycles. The summed E-state index contributed by atoms with van der Waals surface area (Å²) in [6.45, 7) is 5.65. The number of hydrogen-bond acceptors (Lipinski definition) is 4. The van der Waals surface area contributed by atoms with E-state index in [1.807, 2.05) is 4.90 Å². The number of piperazine rings is 1. The van der Waals surface area contributed by atoms with E-state index >= 15 is 0 Å². The summed E-state index contributed by atoms with van der Waals surface area (Å²) in [5, 5.41) is 12.0. The first kappa shape index (κ1) is 14.1. The monoisotopic (exact) mass is 268 g/mol. The van der Waals surface area contributed by atoms with Gasteiger partial charge in [-0.2, -0.15) is 0 Å². The number of likely N-dealkylation sites (N-methyl/N-ethyl adjacent to an activating group) is 1. The SMILES string of the molecule is CC1CN(C(=O)C2(C(N)=NO)CCC2)CC(C)N1C. The van der Waals surface area contributed by atoms with E-state index in [4.69, 9.17) is 10.9 Å². The Morgan fingerprint density at radius 3 is 2.21 bits per heavy atom. The molecule has 1 saturated carbocycles. The molecule has 2 unspecified atom stereocenters. The second kappa shape index (κ2) is 5.00. The highest BCUT2D eigenvalue weighted by Gasteiger charge is 2.51. The topological polar surface area (TPSA) is 82.2 Å². The highest BCUT2D eigenvalue weighted by molar-refractivity contribution is 6.07. The van der Waals surface area contributed by atoms with Crippen LogP contribution in [-0.4, -0.2) is 59.0 Å². The molecule has 6 heteroatoms. The molecular formula is C13H24N4O2. The molecule has 3 N–H and O–H groups in total. The molecule has 0 radical (unpaired) electrons. The first-order valence-electron chi connectivity index (χ1n) is 6.91. The maximum absolute atomic E-state index is 12.7. The highest BCUT2D eigenvalue weighted by Crippen LogP contribution is 2.43. The summed E-state index contributed by atoms with van der Waals surface area (Å²) in [6.07, 6.45) is 2.34. The molecule has 2 rings (SSSR count). The van der Waals surface area contributed by atoms with Gasteiger partial charge in [0.25, 0.3) is 0 Å². The lowest BCUT2D eigenvalue weighted by Gasteiger charge is -2.48. The van der Waals surface area contributed by atoms with Crippen LogP contribution in [0.25, 0.3) is 0 Å². The number of carbonyl (C=O) groups excluding carboxylic acids is 1. The van der Waals surface area contributed by atoms with Gasteiger partial charge >= 0.3 is 0 Å². The predicted molar refractivity (Wildman–Crippen MR) is 73.0 cm³/mol. The fourth-order valence-corrected chi connectivity index (χ4v) is 3.08. The van der Waals surface area contributed by atoms with Crippen LogP contribution in [0.15, 0.2) is 5.16 Å². The lowest BCUT2D eigenvalue weighted by molar-refractivity contribution is -0.146. The van der Waals surface area contributed by atoms with Crippen molar-refractivity contribution in [3.05, 3.63) is 0 Å². The summed E-state index contributed by atoms with van der Waals surface area (Å²) < 4.78 is 0. The Bertz CT molecular complexity index is 380. The van der Waals surface area contributed by atoms with Crippen molar-refractivity contribution in [1.82, 2.24) is 9.80 Å². The van der Waals surface area contributed by atoms with Crippen molar-refractivity contribution in [1.29, 1.82) is 0 Å². The van der Waals surface area contributed by atoms with Crippen molar-refractivity contribution >= 4 is 11.7 Å². The van der Waals surface area contributed by atoms with Crippen molar-refractivity contribution in [2.75, 3.05) is 20.1 Å². The van der Waals surface area contributed by atoms with Gasteiger partial charge in [-0.25, -0.2) is 0 Å². The van der Waals surface area contributed by atoms with E-state index in [0.717, 1.165) is 6.42 Å². The minimum atomic E-state index is -0.746. The summed E-state index contributed by atoms with van der Waals surface area (Å²) in [5.41, 5.74) is 5.01. The van der Waals surface area contributed by atoms with Gasteiger partial charge in [-0.15, -0.1) is 0 Å². The lowest BCUT2D eigenvalue weighted by Crippen LogP contribution is -2.62. The van der Waals surface area contributed by atoms with Gasteiger partial charge in [0.2, 0.25) is 5.91 Å². The van der Waals surface area contributed by atoms with Gasteiger partial charge in [-0.05, 0) is 33.7 Å². The molecule has 1 heterocycles. The molecule has 19 heavy (non-hydrogen) atoms. The Balaban J connectivity index is 2.15. The fraction of sp³-hybridized carbons (Fsp3) is 0.846. The maximum atomic E-state index is 12.7. The van der Waals surface area contributed by atoms with Crippen LogP contribution < -0.4 is 5.73 Å². The van der Waals surface area contributed by atoms with Crippen LogP contribution in [0.1, 0.15) is 33.1 Å². The molecule has 1 aliphatic carbocycles. The van der Waals surface area contributed by atoms with Gasteiger partial charge in [-0.1, -0.05) is 11.6 Å². The van der Waals surface area contributed by atoms with Crippen molar-refractivity contribution in [2.45, 2.75) is 45.2 Å². The van der Waals surface area contributed by atoms with Crippen LogP contribution in [-0.2, 0) is 4.79 Å². The summed E-state index contributed by atoms with van der Waals surface area (Å²) in [6, 6.07) is 0.661. The zero-order chi connectivity index (χ0) is 14.2. The van der Waals surface area contributed by atoms with Crippen molar-refractivity contribution < 1.29 is 10.0 Å². The van der Waals surface area contributed by atoms with Crippen LogP contribution in [0.5, 0.6) is 0 Å². The molecule has 2 atom stereocenters. The van der Waals surface area contributed by atoms with Crippen molar-refractivity contribution in [3.8, 4) is 0 Å². The predicted octanol–water partition coefficient (Wildman–Crippen LogP) is 0.454. The number of carbonyl (C=O) groups is 1. The third kappa shape index (κ3) is 2.18. The maximum Gasteiger partial charge on any atom is 0.236 e. The average Bonchev–Trinajstić information content (AvgIpc) is 2.33. The molecular weight excluding hydrogens is 244 g/mol. The Kier molecular flexibility index (Phi) is 3.71. The number of nitrogens with zero attached hydrogens (tertiary/aromatic N) is 3. The van der Waals surface area contributed by atoms with E-state index in [1.54, 1.807) is 0 Å². The van der Waals surface area contributed by atoms with Crippen molar-refractivity contribution in [2.24, 2.45) is 16.3 Å². The molecule has 2 aliphatic rings. The van der Waals surface area contributed by atoms with E-state index in [2.05, 4.69) is 31.0 Å². The smallest absolute Gasteiger partial charge is 0.236 e. The Morgan fingerprint density at radius 2 is 1.84 bits per heavy atom. The average molecular weight is 268 g/mol. The van der Waals surface area contributed by atoms with E-state index < -0.39 is 5.41 Å². The van der Waals surface area contributed by atoms with Gasteiger partial charge < -0.3 is 15.8 Å². The first-order valence-corrected chi connectivity index (χ1v) is 6.91. The summed E-state index contributed by atoms with van der Waals surface area (Å²) >= 11 is 0. The number of oxime groups is 1. The van der Waals surface area contributed by atoms with Crippen LogP contribution in [0.2, 0.25) is 0 Å². The zero-order valence-electron chi connectivity index (χ0n) is 12.0. The number of nitrogens with two attached hydrogens (primary N) is 1. The molecule has 0 bridgehead atoms. The molecule has 0 aromatic carbocycles. The summed E-state index contributed by atoms with van der Waals surface area (Å²) in [7, 11) is 2.08. The molecule has 0 spiro atoms. The van der Waals surface area contributed by atoms with E-state index in [9.17, 15) is 4.79 Å². The summed E-state index contributed by atoms with van der Waals surface area (Å²) in [4.78, 5) is 16.9. The van der Waals surface area contributed by atoms with Crippen LogP contribution >= 0.6 is 0 Å². The van der Waals surface area contributed by atoms with Gasteiger partial charge in [0, 0.05) is 25.2 Å². The second-order valence-corrected chi connectivity index (χ2v) is 5.99. The molecule has 6 nitrogen and oxygen atoms in total. The van der Waals surface area contributed by atoms with Crippen LogP contribution in [0, 0.1) is 5.41 Å². The number of hydrogen-bond donors (Lipinski definition) is 2. The standard InChI is InChI=1S/C13H24N4O2/c1-9-7-17(8-10(2)16(9)3)12(18)13(5-4-6-13)11(14)15-19/h9-10,19H,4-8H2,1-3H3,(H2,14,15). The van der Waals surface area contributed by atoms with Gasteiger partial charge in [0.05, 0.1) is 0 Å². The van der Waals surface area contributed by atoms with Gasteiger partial charge in [0.15, 0.2) is 5.84 Å². The summed E-state index contributed by atoms with van der Waals surface area (Å²) in [5.74, 6) is 0.101. The minimum Gasteiger partial charge on any atom is -0.409 e. The fourth-order valence-electron chi connectivity index (χ4n) is 3.08. The third-order valence-electron chi connectivity index (χ3n) is 4.86. The van der Waals surface area contributed by atoms with E-state index in [1.165, 1.54) is 0 Å². The first-order chi connectivity index (χ1) is 8.92. The second-order valence-electron chi connectivity index (χ2n) is 5.99. The van der Waals surface area contributed by atoms with Gasteiger partial charge in [0.1, 0.15) is 5.41 Å². The molecule has 1 amide bonds. The quantitative estimate of drug-likeness (QED) is 0.330. The zero-order valence-corrected chi connectivity index (χ0v) is 12.0. The minimum absolute atomic E-state index is 0.0286. The van der Waals surface area contributed by atoms with Gasteiger partial charge in [-0.3, -0.25) is 9.69 Å². The third-order valence-corrected chi connectivity index (χ3v) is 4.86. The largest absolute Gasteiger partial charge is 0.409 e. The number of rotatable bonds is 2. The molecule has 2 fully saturated rings. The lowest BCUT2D eigenvalue weighted by atomic mass is 9.66. The Morgan fingerprint density at radius 1 is 1.32 bits per heavy atom. The molecule has 0 aromatic rings. The van der Waals surface area contributed by atoms with Crippen molar-refractivity contribution in [3.63, 3.8) is 0 Å². The highest BCUT2D eigenvalue weighted by atomic mass is 16.4. The molecule has 1 aliphatic heterocycles. The van der Waals surface area contributed by atoms with Crippen LogP contribution in [0.4, 0.5) is 0 Å². The molecule has 1 saturated heterocycles. The molecule has 108 valence electrons. The number of amidine groups is 1. The Hall–Kier alpha value is -1.30. The Labute approximate surface area is 114 Å². The number of amides is 1. The normalized spacial score (nSPS) is 31.9. The van der Waals surface area contributed by atoms with E-state index in [-0.39, 0.29) is 11.7 Å². The van der Waals surface area contributed by atoms with Crippen LogP contribution in [0.3, 0.4) is 0 Å². The van der Waals surface area contributed by atoms with E-state index in [0.29, 0.717) is 38.0 Å².